The summed E-state index contributed by atoms with van der Waals surface area (Å²) in [6.45, 7) is 2.62. The molecule has 0 fully saturated rings. The van der Waals surface area contributed by atoms with Crippen LogP contribution < -0.4 is 15.5 Å². The largest absolute Gasteiger partial charge is 0.357 e. The van der Waals surface area contributed by atoms with Crippen LogP contribution in [0.4, 0.5) is 16.2 Å². The molecule has 2 aromatic rings. The van der Waals surface area contributed by atoms with Crippen molar-refractivity contribution < 1.29 is 9.59 Å². The Labute approximate surface area is 165 Å². The molecule has 0 saturated carbocycles. The fourth-order valence-electron chi connectivity index (χ4n) is 4.03. The standard InChI is InChI=1S/C23H25N3O2/c1-2-15-24-23(28)26-19-13-7-6-11-17(19)25-18-12-8-14-20(27)21(18)22(26)16-9-4-3-5-10-16/h3-7,9-11,13,22,25H,2,8,12,14-15H2,1H3,(H,24,28)/t22-/m0/s1. The molecule has 2 N–H and O–H groups in total. The molecule has 2 amide bonds. The Morgan fingerprint density at radius 1 is 1.11 bits per heavy atom. The molecule has 5 heteroatoms. The second-order valence-corrected chi connectivity index (χ2v) is 7.23. The SMILES string of the molecule is CCCNC(=O)N1c2ccccc2NC2=C(C(=O)CCC2)[C@@H]1c1ccccc1. The summed E-state index contributed by atoms with van der Waals surface area (Å²) in [6, 6.07) is 17.0. The molecule has 1 heterocycles. The Kier molecular flexibility index (Phi) is 5.15. The van der Waals surface area contributed by atoms with Crippen molar-refractivity contribution in [1.29, 1.82) is 0 Å². The van der Waals surface area contributed by atoms with Gasteiger partial charge in [-0.1, -0.05) is 49.4 Å². The predicted octanol–water partition coefficient (Wildman–Crippen LogP) is 4.79. The number of nitrogens with zero attached hydrogens (tertiary/aromatic N) is 1. The molecule has 0 saturated heterocycles. The van der Waals surface area contributed by atoms with E-state index >= 15 is 0 Å². The lowest BCUT2D eigenvalue weighted by atomic mass is 9.86. The number of anilines is 2. The number of amides is 2. The Balaban J connectivity index is 1.94. The van der Waals surface area contributed by atoms with E-state index < -0.39 is 6.04 Å². The number of hydrogen-bond acceptors (Lipinski definition) is 3. The maximum atomic E-state index is 13.3. The average molecular weight is 375 g/mol. The number of rotatable bonds is 3. The maximum Gasteiger partial charge on any atom is 0.322 e. The number of benzene rings is 2. The zero-order valence-electron chi connectivity index (χ0n) is 16.1. The summed E-state index contributed by atoms with van der Waals surface area (Å²) in [5, 5.41) is 6.48. The lowest BCUT2D eigenvalue weighted by molar-refractivity contribution is -0.116. The fraction of sp³-hybridized carbons (Fsp3) is 0.304. The Bertz CT molecular complexity index is 920. The molecule has 1 aliphatic carbocycles. The van der Waals surface area contributed by atoms with Crippen molar-refractivity contribution in [2.75, 3.05) is 16.8 Å². The quantitative estimate of drug-likeness (QED) is 0.811. The predicted molar refractivity (Wildman–Crippen MR) is 111 cm³/mol. The Morgan fingerprint density at radius 2 is 1.86 bits per heavy atom. The van der Waals surface area contributed by atoms with E-state index in [2.05, 4.69) is 10.6 Å². The molecule has 2 aliphatic rings. The van der Waals surface area contributed by atoms with Gasteiger partial charge in [0, 0.05) is 24.2 Å². The summed E-state index contributed by atoms with van der Waals surface area (Å²) < 4.78 is 0. The number of fused-ring (bicyclic) bond motifs is 1. The van der Waals surface area contributed by atoms with Gasteiger partial charge in [-0.05, 0) is 37.0 Å². The summed E-state index contributed by atoms with van der Waals surface area (Å²) in [5.74, 6) is 0.115. The van der Waals surface area contributed by atoms with Crippen molar-refractivity contribution in [3.63, 3.8) is 0 Å². The molecule has 1 aliphatic heterocycles. The van der Waals surface area contributed by atoms with Crippen LogP contribution in [0.25, 0.3) is 0 Å². The number of urea groups is 1. The second kappa shape index (κ2) is 7.89. The smallest absolute Gasteiger partial charge is 0.322 e. The summed E-state index contributed by atoms with van der Waals surface area (Å²) in [4.78, 5) is 28.1. The highest BCUT2D eigenvalue weighted by molar-refractivity contribution is 6.05. The summed E-state index contributed by atoms with van der Waals surface area (Å²) >= 11 is 0. The first kappa shape index (κ1) is 18.3. The van der Waals surface area contributed by atoms with Gasteiger partial charge < -0.3 is 10.6 Å². The molecule has 0 unspecified atom stereocenters. The zero-order valence-corrected chi connectivity index (χ0v) is 16.1. The molecule has 1 atom stereocenters. The van der Waals surface area contributed by atoms with Crippen molar-refractivity contribution in [3.8, 4) is 0 Å². The third-order valence-corrected chi connectivity index (χ3v) is 5.30. The van der Waals surface area contributed by atoms with Crippen LogP contribution >= 0.6 is 0 Å². The molecule has 4 rings (SSSR count). The van der Waals surface area contributed by atoms with Gasteiger partial charge in [-0.25, -0.2) is 4.79 Å². The van der Waals surface area contributed by atoms with Gasteiger partial charge in [0.15, 0.2) is 5.78 Å². The molecule has 144 valence electrons. The molecular formula is C23H25N3O2. The van der Waals surface area contributed by atoms with Gasteiger partial charge in [0.25, 0.3) is 0 Å². The van der Waals surface area contributed by atoms with Gasteiger partial charge >= 0.3 is 6.03 Å². The molecule has 5 nitrogen and oxygen atoms in total. The van der Waals surface area contributed by atoms with E-state index in [4.69, 9.17) is 0 Å². The van der Waals surface area contributed by atoms with E-state index in [1.807, 2.05) is 61.5 Å². The van der Waals surface area contributed by atoms with Crippen LogP contribution in [0.5, 0.6) is 0 Å². The minimum atomic E-state index is -0.447. The molecule has 28 heavy (non-hydrogen) atoms. The number of carbonyl (C=O) groups excluding carboxylic acids is 2. The average Bonchev–Trinajstić information content (AvgIpc) is 2.87. The van der Waals surface area contributed by atoms with E-state index in [0.717, 1.165) is 41.9 Å². The number of hydrogen-bond donors (Lipinski definition) is 2. The molecule has 0 bridgehead atoms. The van der Waals surface area contributed by atoms with Crippen LogP contribution in [0, 0.1) is 0 Å². The lowest BCUT2D eigenvalue weighted by Crippen LogP contribution is -2.44. The number of ketones is 1. The Morgan fingerprint density at radius 3 is 2.64 bits per heavy atom. The highest BCUT2D eigenvalue weighted by Gasteiger charge is 2.39. The summed E-state index contributed by atoms with van der Waals surface area (Å²) in [6.07, 6.45) is 3.01. The molecule has 2 aromatic carbocycles. The minimum Gasteiger partial charge on any atom is -0.357 e. The summed E-state index contributed by atoms with van der Waals surface area (Å²) in [7, 11) is 0. The molecular weight excluding hydrogens is 350 g/mol. The number of Topliss-reactive ketones (excluding diaryl/α,β-unsaturated/α-hetero) is 1. The van der Waals surface area contributed by atoms with Crippen molar-refractivity contribution >= 4 is 23.2 Å². The van der Waals surface area contributed by atoms with Gasteiger partial charge in [0.1, 0.15) is 0 Å². The second-order valence-electron chi connectivity index (χ2n) is 7.23. The number of carbonyl (C=O) groups is 2. The minimum absolute atomic E-state index is 0.115. The normalized spacial score (nSPS) is 18.7. The van der Waals surface area contributed by atoms with E-state index in [-0.39, 0.29) is 11.8 Å². The molecule has 0 aromatic heterocycles. The van der Waals surface area contributed by atoms with Gasteiger partial charge in [-0.3, -0.25) is 9.69 Å². The van der Waals surface area contributed by atoms with E-state index in [0.29, 0.717) is 18.5 Å². The Hall–Kier alpha value is -3.08. The van der Waals surface area contributed by atoms with Gasteiger partial charge in [0.05, 0.1) is 17.4 Å². The van der Waals surface area contributed by atoms with Crippen LogP contribution in [0.2, 0.25) is 0 Å². The first-order valence-electron chi connectivity index (χ1n) is 9.95. The van der Waals surface area contributed by atoms with Gasteiger partial charge in [0.2, 0.25) is 0 Å². The van der Waals surface area contributed by atoms with Crippen molar-refractivity contribution in [3.05, 3.63) is 71.4 Å². The number of allylic oxidation sites excluding steroid dienone is 1. The highest BCUT2D eigenvalue weighted by atomic mass is 16.2. The van der Waals surface area contributed by atoms with Crippen LogP contribution in [-0.2, 0) is 4.79 Å². The molecule has 0 spiro atoms. The van der Waals surface area contributed by atoms with Crippen molar-refractivity contribution in [2.24, 2.45) is 0 Å². The summed E-state index contributed by atoms with van der Waals surface area (Å²) in [5.41, 5.74) is 4.22. The van der Waals surface area contributed by atoms with E-state index in [1.54, 1.807) is 4.90 Å². The van der Waals surface area contributed by atoms with E-state index in [9.17, 15) is 9.59 Å². The van der Waals surface area contributed by atoms with Crippen LogP contribution in [-0.4, -0.2) is 18.4 Å². The van der Waals surface area contributed by atoms with Crippen LogP contribution in [0.15, 0.2) is 65.9 Å². The lowest BCUT2D eigenvalue weighted by Gasteiger charge is -2.33. The van der Waals surface area contributed by atoms with Crippen LogP contribution in [0.1, 0.15) is 44.2 Å². The fourth-order valence-corrected chi connectivity index (χ4v) is 4.03. The van der Waals surface area contributed by atoms with Gasteiger partial charge in [-0.2, -0.15) is 0 Å². The van der Waals surface area contributed by atoms with E-state index in [1.165, 1.54) is 0 Å². The first-order chi connectivity index (χ1) is 13.7. The third-order valence-electron chi connectivity index (χ3n) is 5.30. The molecule has 0 radical (unpaired) electrons. The van der Waals surface area contributed by atoms with Crippen LogP contribution in [0.3, 0.4) is 0 Å². The zero-order chi connectivity index (χ0) is 19.5. The van der Waals surface area contributed by atoms with Gasteiger partial charge in [-0.15, -0.1) is 0 Å². The van der Waals surface area contributed by atoms with Crippen molar-refractivity contribution in [2.45, 2.75) is 38.6 Å². The number of para-hydroxylation sites is 2. The topological polar surface area (TPSA) is 61.4 Å². The number of nitrogens with one attached hydrogen (secondary N) is 2. The van der Waals surface area contributed by atoms with Crippen molar-refractivity contribution in [1.82, 2.24) is 5.32 Å². The third kappa shape index (κ3) is 3.28. The monoisotopic (exact) mass is 375 g/mol. The first-order valence-corrected chi connectivity index (χ1v) is 9.95. The maximum absolute atomic E-state index is 13.3. The highest BCUT2D eigenvalue weighted by Crippen LogP contribution is 2.44.